The molecule has 0 radical (unpaired) electrons. The van der Waals surface area contributed by atoms with Crippen LogP contribution in [0.15, 0.2) is 0 Å². The van der Waals surface area contributed by atoms with E-state index < -0.39 is 0 Å². The molecular weight excluding hydrogens is 162 g/mol. The van der Waals surface area contributed by atoms with E-state index in [2.05, 4.69) is 19.2 Å². The molecule has 0 amide bonds. The third-order valence-corrected chi connectivity index (χ3v) is 2.84. The highest BCUT2D eigenvalue weighted by Gasteiger charge is 2.12. The van der Waals surface area contributed by atoms with Crippen molar-refractivity contribution in [2.75, 3.05) is 19.7 Å². The SMILES string of the molecule is CCC(C)CNCC1CCCCO1. The second kappa shape index (κ2) is 6.39. The van der Waals surface area contributed by atoms with Crippen molar-refractivity contribution < 1.29 is 4.74 Å². The Morgan fingerprint density at radius 3 is 2.92 bits per heavy atom. The van der Waals surface area contributed by atoms with Crippen LogP contribution in [0, 0.1) is 5.92 Å². The standard InChI is InChI=1S/C11H23NO/c1-3-10(2)8-12-9-11-6-4-5-7-13-11/h10-12H,3-9H2,1-2H3. The zero-order chi connectivity index (χ0) is 9.52. The van der Waals surface area contributed by atoms with Crippen molar-refractivity contribution >= 4 is 0 Å². The van der Waals surface area contributed by atoms with Crippen molar-refractivity contribution in [3.8, 4) is 0 Å². The molecule has 2 atom stereocenters. The van der Waals surface area contributed by atoms with Crippen LogP contribution in [-0.4, -0.2) is 25.8 Å². The summed E-state index contributed by atoms with van der Waals surface area (Å²) in [5, 5.41) is 3.48. The molecule has 1 aliphatic rings. The third-order valence-electron chi connectivity index (χ3n) is 2.84. The molecule has 2 unspecified atom stereocenters. The number of hydrogen-bond donors (Lipinski definition) is 1. The summed E-state index contributed by atoms with van der Waals surface area (Å²) in [6, 6.07) is 0. The smallest absolute Gasteiger partial charge is 0.0699 e. The first-order valence-electron chi connectivity index (χ1n) is 5.65. The van der Waals surface area contributed by atoms with Gasteiger partial charge in [-0.05, 0) is 31.7 Å². The largest absolute Gasteiger partial charge is 0.377 e. The maximum absolute atomic E-state index is 5.63. The van der Waals surface area contributed by atoms with Crippen molar-refractivity contribution in [3.63, 3.8) is 0 Å². The molecule has 1 heterocycles. The van der Waals surface area contributed by atoms with Crippen molar-refractivity contribution in [1.82, 2.24) is 5.32 Å². The van der Waals surface area contributed by atoms with Crippen LogP contribution >= 0.6 is 0 Å². The van der Waals surface area contributed by atoms with Gasteiger partial charge in [-0.15, -0.1) is 0 Å². The van der Waals surface area contributed by atoms with E-state index in [0.717, 1.165) is 25.6 Å². The van der Waals surface area contributed by atoms with E-state index >= 15 is 0 Å². The van der Waals surface area contributed by atoms with E-state index in [-0.39, 0.29) is 0 Å². The van der Waals surface area contributed by atoms with E-state index in [0.29, 0.717) is 6.10 Å². The Labute approximate surface area is 82.0 Å². The van der Waals surface area contributed by atoms with E-state index in [9.17, 15) is 0 Å². The van der Waals surface area contributed by atoms with Crippen molar-refractivity contribution in [2.24, 2.45) is 5.92 Å². The van der Waals surface area contributed by atoms with E-state index in [1.165, 1.54) is 25.7 Å². The van der Waals surface area contributed by atoms with Gasteiger partial charge in [0.1, 0.15) is 0 Å². The summed E-state index contributed by atoms with van der Waals surface area (Å²) in [4.78, 5) is 0. The number of ether oxygens (including phenoxy) is 1. The number of nitrogens with one attached hydrogen (secondary N) is 1. The summed E-state index contributed by atoms with van der Waals surface area (Å²) < 4.78 is 5.63. The lowest BCUT2D eigenvalue weighted by atomic mass is 10.1. The van der Waals surface area contributed by atoms with Gasteiger partial charge in [0.25, 0.3) is 0 Å². The van der Waals surface area contributed by atoms with Gasteiger partial charge in [-0.25, -0.2) is 0 Å². The Hall–Kier alpha value is -0.0800. The molecule has 1 rings (SSSR count). The highest BCUT2D eigenvalue weighted by molar-refractivity contribution is 4.67. The van der Waals surface area contributed by atoms with Crippen molar-refractivity contribution in [1.29, 1.82) is 0 Å². The summed E-state index contributed by atoms with van der Waals surface area (Å²) in [6.45, 7) is 7.68. The highest BCUT2D eigenvalue weighted by Crippen LogP contribution is 2.11. The predicted octanol–water partition coefficient (Wildman–Crippen LogP) is 2.19. The fourth-order valence-electron chi connectivity index (χ4n) is 1.60. The molecular formula is C11H23NO. The Morgan fingerprint density at radius 1 is 1.46 bits per heavy atom. The van der Waals surface area contributed by atoms with Crippen LogP contribution in [0.5, 0.6) is 0 Å². The maximum atomic E-state index is 5.63. The topological polar surface area (TPSA) is 21.3 Å². The molecule has 78 valence electrons. The molecule has 0 spiro atoms. The van der Waals surface area contributed by atoms with Crippen LogP contribution < -0.4 is 5.32 Å². The van der Waals surface area contributed by atoms with Gasteiger partial charge in [-0.1, -0.05) is 20.3 Å². The summed E-state index contributed by atoms with van der Waals surface area (Å²) in [7, 11) is 0. The van der Waals surface area contributed by atoms with Crippen LogP contribution in [0.1, 0.15) is 39.5 Å². The zero-order valence-corrected chi connectivity index (χ0v) is 9.01. The van der Waals surface area contributed by atoms with Crippen molar-refractivity contribution in [3.05, 3.63) is 0 Å². The molecule has 2 heteroatoms. The van der Waals surface area contributed by atoms with Gasteiger partial charge in [0, 0.05) is 13.2 Å². The van der Waals surface area contributed by atoms with Crippen LogP contribution in [0.2, 0.25) is 0 Å². The molecule has 0 aromatic heterocycles. The van der Waals surface area contributed by atoms with E-state index in [1.807, 2.05) is 0 Å². The minimum Gasteiger partial charge on any atom is -0.377 e. The predicted molar refractivity (Wildman–Crippen MR) is 55.9 cm³/mol. The first kappa shape index (κ1) is 11.0. The highest BCUT2D eigenvalue weighted by atomic mass is 16.5. The molecule has 0 aromatic carbocycles. The molecule has 1 N–H and O–H groups in total. The average molecular weight is 185 g/mol. The van der Waals surface area contributed by atoms with Gasteiger partial charge in [0.2, 0.25) is 0 Å². The number of rotatable bonds is 5. The second-order valence-corrected chi connectivity index (χ2v) is 4.16. The molecule has 2 nitrogen and oxygen atoms in total. The van der Waals surface area contributed by atoms with Crippen LogP contribution in [-0.2, 0) is 4.74 Å². The minimum atomic E-state index is 0.484. The van der Waals surface area contributed by atoms with Gasteiger partial charge < -0.3 is 10.1 Å². The molecule has 0 saturated carbocycles. The van der Waals surface area contributed by atoms with Crippen LogP contribution in [0.25, 0.3) is 0 Å². The van der Waals surface area contributed by atoms with Crippen LogP contribution in [0.3, 0.4) is 0 Å². The fourth-order valence-corrected chi connectivity index (χ4v) is 1.60. The molecule has 1 aliphatic heterocycles. The summed E-state index contributed by atoms with van der Waals surface area (Å²) in [6.07, 6.45) is 5.58. The normalized spacial score (nSPS) is 25.8. The van der Waals surface area contributed by atoms with Gasteiger partial charge in [0.15, 0.2) is 0 Å². The minimum absolute atomic E-state index is 0.484. The zero-order valence-electron chi connectivity index (χ0n) is 9.01. The lowest BCUT2D eigenvalue weighted by molar-refractivity contribution is 0.0166. The van der Waals surface area contributed by atoms with Gasteiger partial charge in [-0.3, -0.25) is 0 Å². The van der Waals surface area contributed by atoms with Gasteiger partial charge >= 0.3 is 0 Å². The van der Waals surface area contributed by atoms with E-state index in [4.69, 9.17) is 4.74 Å². The summed E-state index contributed by atoms with van der Waals surface area (Å²) in [5.74, 6) is 0.795. The monoisotopic (exact) mass is 185 g/mol. The molecule has 0 aromatic rings. The second-order valence-electron chi connectivity index (χ2n) is 4.16. The molecule has 13 heavy (non-hydrogen) atoms. The molecule has 1 fully saturated rings. The average Bonchev–Trinajstić information content (AvgIpc) is 2.19. The first-order chi connectivity index (χ1) is 6.33. The maximum Gasteiger partial charge on any atom is 0.0699 e. The molecule has 0 bridgehead atoms. The third kappa shape index (κ3) is 4.63. The van der Waals surface area contributed by atoms with E-state index in [1.54, 1.807) is 0 Å². The Kier molecular flexibility index (Phi) is 5.40. The Morgan fingerprint density at radius 2 is 2.31 bits per heavy atom. The van der Waals surface area contributed by atoms with Crippen LogP contribution in [0.4, 0.5) is 0 Å². The quantitative estimate of drug-likeness (QED) is 0.709. The summed E-state index contributed by atoms with van der Waals surface area (Å²) in [5.41, 5.74) is 0. The van der Waals surface area contributed by atoms with Crippen molar-refractivity contribution in [2.45, 2.75) is 45.6 Å². The number of hydrogen-bond acceptors (Lipinski definition) is 2. The summed E-state index contributed by atoms with van der Waals surface area (Å²) >= 11 is 0. The Balaban J connectivity index is 1.98. The Bertz CT molecular complexity index is 121. The van der Waals surface area contributed by atoms with Gasteiger partial charge in [0.05, 0.1) is 6.10 Å². The first-order valence-corrected chi connectivity index (χ1v) is 5.65. The fraction of sp³-hybridized carbons (Fsp3) is 1.00. The lowest BCUT2D eigenvalue weighted by Gasteiger charge is -2.23. The van der Waals surface area contributed by atoms with Gasteiger partial charge in [-0.2, -0.15) is 0 Å². The lowest BCUT2D eigenvalue weighted by Crippen LogP contribution is -2.33. The molecule has 0 aliphatic carbocycles. The molecule has 1 saturated heterocycles.